The number of ether oxygens (including phenoxy) is 1. The summed E-state index contributed by atoms with van der Waals surface area (Å²) in [6.07, 6.45) is 0. The summed E-state index contributed by atoms with van der Waals surface area (Å²) < 4.78 is 6.71. The number of anilines is 1. The number of carbonyl (C=O) groups is 1. The minimum atomic E-state index is -0.944. The molecule has 0 amide bonds. The first kappa shape index (κ1) is 13.0. The second-order valence-corrected chi connectivity index (χ2v) is 5.49. The standard InChI is InChI=1S/C15H12BrNO3/c16-11-4-1-9(2-5-11)13-8-20-14-6-3-10(15(18)19)7-12(14)17-13/h1-7,13,17H,8H2,(H,18,19). The van der Waals surface area contributed by atoms with Crippen molar-refractivity contribution in [1.29, 1.82) is 0 Å². The molecule has 20 heavy (non-hydrogen) atoms. The average Bonchev–Trinajstić information content (AvgIpc) is 2.47. The maximum atomic E-state index is 11.0. The van der Waals surface area contributed by atoms with Crippen LogP contribution < -0.4 is 10.1 Å². The third-order valence-electron chi connectivity index (χ3n) is 3.23. The van der Waals surface area contributed by atoms with E-state index in [1.165, 1.54) is 0 Å². The van der Waals surface area contributed by atoms with Crippen LogP contribution >= 0.6 is 15.9 Å². The van der Waals surface area contributed by atoms with Crippen LogP contribution in [0.5, 0.6) is 5.75 Å². The minimum Gasteiger partial charge on any atom is -0.489 e. The summed E-state index contributed by atoms with van der Waals surface area (Å²) in [5.74, 6) is -0.260. The van der Waals surface area contributed by atoms with Gasteiger partial charge in [0.25, 0.3) is 0 Å². The van der Waals surface area contributed by atoms with E-state index in [-0.39, 0.29) is 11.6 Å². The van der Waals surface area contributed by atoms with Gasteiger partial charge in [0, 0.05) is 4.47 Å². The van der Waals surface area contributed by atoms with Gasteiger partial charge in [-0.1, -0.05) is 28.1 Å². The number of aromatic carboxylic acids is 1. The Labute approximate surface area is 124 Å². The summed E-state index contributed by atoms with van der Waals surface area (Å²) >= 11 is 3.40. The molecule has 1 atom stereocenters. The lowest BCUT2D eigenvalue weighted by atomic mass is 10.1. The van der Waals surface area contributed by atoms with E-state index in [0.29, 0.717) is 18.0 Å². The number of hydrogen-bond acceptors (Lipinski definition) is 3. The molecule has 2 N–H and O–H groups in total. The third-order valence-corrected chi connectivity index (χ3v) is 3.76. The van der Waals surface area contributed by atoms with Crippen molar-refractivity contribution in [1.82, 2.24) is 0 Å². The Hall–Kier alpha value is -2.01. The molecule has 2 aromatic carbocycles. The topological polar surface area (TPSA) is 58.6 Å². The highest BCUT2D eigenvalue weighted by atomic mass is 79.9. The van der Waals surface area contributed by atoms with E-state index in [1.807, 2.05) is 24.3 Å². The molecule has 0 bridgehead atoms. The molecular weight excluding hydrogens is 322 g/mol. The average molecular weight is 334 g/mol. The van der Waals surface area contributed by atoms with Gasteiger partial charge in [-0.2, -0.15) is 0 Å². The number of benzene rings is 2. The molecule has 1 heterocycles. The van der Waals surface area contributed by atoms with E-state index in [1.54, 1.807) is 18.2 Å². The van der Waals surface area contributed by atoms with E-state index in [4.69, 9.17) is 9.84 Å². The quantitative estimate of drug-likeness (QED) is 0.879. The third kappa shape index (κ3) is 2.49. The number of rotatable bonds is 2. The lowest BCUT2D eigenvalue weighted by Gasteiger charge is -2.28. The lowest BCUT2D eigenvalue weighted by molar-refractivity contribution is 0.0697. The summed E-state index contributed by atoms with van der Waals surface area (Å²) in [6, 6.07) is 12.8. The maximum Gasteiger partial charge on any atom is 0.335 e. The fourth-order valence-electron chi connectivity index (χ4n) is 2.18. The Morgan fingerprint density at radius 1 is 1.25 bits per heavy atom. The van der Waals surface area contributed by atoms with Gasteiger partial charge in [-0.25, -0.2) is 4.79 Å². The molecule has 1 unspecified atom stereocenters. The first-order valence-electron chi connectivity index (χ1n) is 6.15. The normalized spacial score (nSPS) is 16.8. The highest BCUT2D eigenvalue weighted by Gasteiger charge is 2.21. The number of halogens is 1. The van der Waals surface area contributed by atoms with Crippen molar-refractivity contribution in [3.05, 3.63) is 58.1 Å². The Morgan fingerprint density at radius 3 is 2.70 bits per heavy atom. The first-order valence-corrected chi connectivity index (χ1v) is 6.95. The van der Waals surface area contributed by atoms with Gasteiger partial charge in [0.05, 0.1) is 17.3 Å². The van der Waals surface area contributed by atoms with Gasteiger partial charge in [0.2, 0.25) is 0 Å². The predicted octanol–water partition coefficient (Wildman–Crippen LogP) is 3.69. The van der Waals surface area contributed by atoms with Gasteiger partial charge < -0.3 is 15.2 Å². The summed E-state index contributed by atoms with van der Waals surface area (Å²) in [4.78, 5) is 11.0. The molecule has 3 rings (SSSR count). The van der Waals surface area contributed by atoms with Crippen molar-refractivity contribution < 1.29 is 14.6 Å². The highest BCUT2D eigenvalue weighted by molar-refractivity contribution is 9.10. The SMILES string of the molecule is O=C(O)c1ccc2c(c1)NC(c1ccc(Br)cc1)CO2. The van der Waals surface area contributed by atoms with E-state index in [0.717, 1.165) is 10.0 Å². The zero-order chi connectivity index (χ0) is 14.1. The Morgan fingerprint density at radius 2 is 2.00 bits per heavy atom. The van der Waals surface area contributed by atoms with Gasteiger partial charge in [0.1, 0.15) is 12.4 Å². The fourth-order valence-corrected chi connectivity index (χ4v) is 2.44. The molecule has 0 aromatic heterocycles. The Bertz CT molecular complexity index is 655. The van der Waals surface area contributed by atoms with Crippen LogP contribution in [0.3, 0.4) is 0 Å². The fraction of sp³-hybridized carbons (Fsp3) is 0.133. The number of fused-ring (bicyclic) bond motifs is 1. The molecule has 0 radical (unpaired) electrons. The summed E-state index contributed by atoms with van der Waals surface area (Å²) in [5, 5.41) is 12.4. The largest absolute Gasteiger partial charge is 0.489 e. The van der Waals surface area contributed by atoms with Crippen LogP contribution in [0.25, 0.3) is 0 Å². The summed E-state index contributed by atoms with van der Waals surface area (Å²) in [5.41, 5.74) is 2.06. The molecule has 2 aromatic rings. The first-order chi connectivity index (χ1) is 9.63. The summed E-state index contributed by atoms with van der Waals surface area (Å²) in [6.45, 7) is 0.515. The van der Waals surface area contributed by atoms with Gasteiger partial charge in [-0.3, -0.25) is 0 Å². The zero-order valence-electron chi connectivity index (χ0n) is 10.5. The summed E-state index contributed by atoms with van der Waals surface area (Å²) in [7, 11) is 0. The molecule has 0 saturated carbocycles. The second-order valence-electron chi connectivity index (χ2n) is 4.58. The molecule has 0 spiro atoms. The maximum absolute atomic E-state index is 11.0. The molecule has 0 saturated heterocycles. The Kier molecular flexibility index (Phi) is 3.36. The van der Waals surface area contributed by atoms with E-state index < -0.39 is 5.97 Å². The van der Waals surface area contributed by atoms with Crippen molar-refractivity contribution in [3.63, 3.8) is 0 Å². The molecule has 1 aliphatic rings. The molecule has 102 valence electrons. The molecular formula is C15H12BrNO3. The van der Waals surface area contributed by atoms with Gasteiger partial charge in [-0.15, -0.1) is 0 Å². The number of carboxylic acids is 1. The number of nitrogens with one attached hydrogen (secondary N) is 1. The molecule has 4 nitrogen and oxygen atoms in total. The van der Waals surface area contributed by atoms with Crippen molar-refractivity contribution in [2.75, 3.05) is 11.9 Å². The second kappa shape index (κ2) is 5.17. The van der Waals surface area contributed by atoms with Gasteiger partial charge in [-0.05, 0) is 35.9 Å². The van der Waals surface area contributed by atoms with Crippen LogP contribution in [0, 0.1) is 0 Å². The van der Waals surface area contributed by atoms with Crippen molar-refractivity contribution in [3.8, 4) is 5.75 Å². The molecule has 1 aliphatic heterocycles. The van der Waals surface area contributed by atoms with Crippen molar-refractivity contribution >= 4 is 27.6 Å². The number of hydrogen-bond donors (Lipinski definition) is 2. The highest BCUT2D eigenvalue weighted by Crippen LogP contribution is 2.34. The van der Waals surface area contributed by atoms with Crippen LogP contribution in [0.1, 0.15) is 22.0 Å². The van der Waals surface area contributed by atoms with Crippen molar-refractivity contribution in [2.24, 2.45) is 0 Å². The molecule has 0 aliphatic carbocycles. The van der Waals surface area contributed by atoms with E-state index >= 15 is 0 Å². The number of carboxylic acid groups (broad SMARTS) is 1. The van der Waals surface area contributed by atoms with Crippen LogP contribution in [0.2, 0.25) is 0 Å². The zero-order valence-corrected chi connectivity index (χ0v) is 12.1. The lowest BCUT2D eigenvalue weighted by Crippen LogP contribution is -2.24. The van der Waals surface area contributed by atoms with Crippen LogP contribution in [-0.4, -0.2) is 17.7 Å². The minimum absolute atomic E-state index is 0.0136. The predicted molar refractivity (Wildman–Crippen MR) is 79.4 cm³/mol. The van der Waals surface area contributed by atoms with E-state index in [2.05, 4.69) is 21.2 Å². The Balaban J connectivity index is 1.88. The van der Waals surface area contributed by atoms with Gasteiger partial charge >= 0.3 is 5.97 Å². The van der Waals surface area contributed by atoms with Crippen LogP contribution in [0.15, 0.2) is 46.9 Å². The van der Waals surface area contributed by atoms with Crippen molar-refractivity contribution in [2.45, 2.75) is 6.04 Å². The van der Waals surface area contributed by atoms with Gasteiger partial charge in [0.15, 0.2) is 0 Å². The smallest absolute Gasteiger partial charge is 0.335 e. The van der Waals surface area contributed by atoms with E-state index in [9.17, 15) is 4.79 Å². The molecule has 0 fully saturated rings. The van der Waals surface area contributed by atoms with Crippen LogP contribution in [0.4, 0.5) is 5.69 Å². The monoisotopic (exact) mass is 333 g/mol. The molecule has 5 heteroatoms. The van der Waals surface area contributed by atoms with Crippen LogP contribution in [-0.2, 0) is 0 Å².